The fourth-order valence-corrected chi connectivity index (χ4v) is 4.99. The second kappa shape index (κ2) is 12.4. The molecule has 0 heterocycles. The van der Waals surface area contributed by atoms with Gasteiger partial charge in [0, 0.05) is 5.41 Å². The van der Waals surface area contributed by atoms with Gasteiger partial charge >= 0.3 is 0 Å². The van der Waals surface area contributed by atoms with E-state index in [1.54, 1.807) is 28.4 Å². The lowest BCUT2D eigenvalue weighted by Gasteiger charge is -2.36. The van der Waals surface area contributed by atoms with Crippen LogP contribution < -0.4 is 18.9 Å². The Morgan fingerprint density at radius 1 is 0.405 bits per heavy atom. The van der Waals surface area contributed by atoms with Gasteiger partial charge in [0.05, 0.1) is 28.4 Å². The van der Waals surface area contributed by atoms with E-state index in [1.807, 2.05) is 24.3 Å². The maximum absolute atomic E-state index is 5.48. The van der Waals surface area contributed by atoms with Crippen molar-refractivity contribution in [2.45, 2.75) is 31.1 Å². The van der Waals surface area contributed by atoms with Crippen LogP contribution in [0, 0.1) is 0 Å². The number of benzene rings is 4. The smallest absolute Gasteiger partial charge is 0.118 e. The molecule has 4 aromatic carbocycles. The Morgan fingerprint density at radius 3 is 0.946 bits per heavy atom. The molecule has 0 saturated heterocycles. The first-order valence-electron chi connectivity index (χ1n) is 12.6. The quantitative estimate of drug-likeness (QED) is 0.207. The molecule has 0 saturated carbocycles. The largest absolute Gasteiger partial charge is 0.497 e. The lowest BCUT2D eigenvalue weighted by atomic mass is 9.67. The van der Waals surface area contributed by atoms with Gasteiger partial charge < -0.3 is 18.9 Å². The fraction of sp³-hybridized carbons (Fsp3) is 0.273. The van der Waals surface area contributed by atoms with Crippen LogP contribution in [0.25, 0.3) is 0 Å². The van der Waals surface area contributed by atoms with E-state index < -0.39 is 0 Å². The van der Waals surface area contributed by atoms with E-state index in [0.29, 0.717) is 0 Å². The molecule has 192 valence electrons. The summed E-state index contributed by atoms with van der Waals surface area (Å²) >= 11 is 0. The zero-order valence-electron chi connectivity index (χ0n) is 22.2. The highest BCUT2D eigenvalue weighted by Crippen LogP contribution is 2.42. The molecule has 0 atom stereocenters. The summed E-state index contributed by atoms with van der Waals surface area (Å²) in [5.41, 5.74) is 4.92. The van der Waals surface area contributed by atoms with Crippen molar-refractivity contribution in [2.75, 3.05) is 28.4 Å². The monoisotopic (exact) mass is 496 g/mol. The summed E-state index contributed by atoms with van der Waals surface area (Å²) in [6.07, 6.45) is 3.78. The van der Waals surface area contributed by atoms with Crippen molar-refractivity contribution in [1.82, 2.24) is 0 Å². The van der Waals surface area contributed by atoms with E-state index in [0.717, 1.165) is 48.7 Å². The molecule has 0 aliphatic carbocycles. The SMILES string of the molecule is COc1ccc(CCC(CCc2ccc(OC)cc2)(c2ccc(OC)cc2)c2ccc(OC)cc2)cc1. The zero-order valence-corrected chi connectivity index (χ0v) is 22.2. The van der Waals surface area contributed by atoms with Crippen LogP contribution in [0.1, 0.15) is 35.1 Å². The summed E-state index contributed by atoms with van der Waals surface area (Å²) in [6, 6.07) is 33.9. The van der Waals surface area contributed by atoms with E-state index in [-0.39, 0.29) is 5.41 Å². The molecule has 0 radical (unpaired) electrons. The normalized spacial score (nSPS) is 11.1. The van der Waals surface area contributed by atoms with Crippen LogP contribution in [0.2, 0.25) is 0 Å². The Bertz CT molecular complexity index is 1130. The third kappa shape index (κ3) is 6.26. The molecule has 0 aliphatic rings. The molecule has 4 aromatic rings. The lowest BCUT2D eigenvalue weighted by Crippen LogP contribution is -2.29. The summed E-state index contributed by atoms with van der Waals surface area (Å²) in [7, 11) is 6.82. The van der Waals surface area contributed by atoms with Crippen molar-refractivity contribution in [2.24, 2.45) is 0 Å². The molecule has 4 rings (SSSR count). The van der Waals surface area contributed by atoms with Gasteiger partial charge in [-0.3, -0.25) is 0 Å². The van der Waals surface area contributed by atoms with Crippen molar-refractivity contribution in [1.29, 1.82) is 0 Å². The Labute approximate surface area is 220 Å². The highest BCUT2D eigenvalue weighted by atomic mass is 16.5. The average Bonchev–Trinajstić information content (AvgIpc) is 2.98. The first kappa shape index (κ1) is 26.2. The molecular weight excluding hydrogens is 460 g/mol. The van der Waals surface area contributed by atoms with Crippen LogP contribution in [0.3, 0.4) is 0 Å². The Balaban J connectivity index is 1.75. The molecule has 0 fully saturated rings. The first-order valence-corrected chi connectivity index (χ1v) is 12.6. The molecule has 0 bridgehead atoms. The van der Waals surface area contributed by atoms with E-state index >= 15 is 0 Å². The molecule has 37 heavy (non-hydrogen) atoms. The van der Waals surface area contributed by atoms with Gasteiger partial charge in [0.1, 0.15) is 23.0 Å². The van der Waals surface area contributed by atoms with Gasteiger partial charge in [0.2, 0.25) is 0 Å². The van der Waals surface area contributed by atoms with Crippen molar-refractivity contribution in [3.8, 4) is 23.0 Å². The summed E-state index contributed by atoms with van der Waals surface area (Å²) in [5.74, 6) is 3.47. The minimum atomic E-state index is -0.210. The topological polar surface area (TPSA) is 36.9 Å². The number of rotatable bonds is 12. The number of ether oxygens (including phenoxy) is 4. The molecule has 0 aliphatic heterocycles. The minimum absolute atomic E-state index is 0.210. The van der Waals surface area contributed by atoms with Gasteiger partial charge in [-0.2, -0.15) is 0 Å². The molecule has 4 heteroatoms. The number of aryl methyl sites for hydroxylation is 2. The third-order valence-electron chi connectivity index (χ3n) is 7.28. The third-order valence-corrected chi connectivity index (χ3v) is 7.28. The highest BCUT2D eigenvalue weighted by Gasteiger charge is 2.34. The van der Waals surface area contributed by atoms with Gasteiger partial charge in [0.15, 0.2) is 0 Å². The maximum Gasteiger partial charge on any atom is 0.118 e. The fourth-order valence-electron chi connectivity index (χ4n) is 4.99. The van der Waals surface area contributed by atoms with Gasteiger partial charge in [0.25, 0.3) is 0 Å². The van der Waals surface area contributed by atoms with E-state index in [2.05, 4.69) is 72.8 Å². The second-order valence-corrected chi connectivity index (χ2v) is 9.24. The maximum atomic E-state index is 5.48. The summed E-state index contributed by atoms with van der Waals surface area (Å²) in [4.78, 5) is 0. The average molecular weight is 497 g/mol. The number of hydrogen-bond acceptors (Lipinski definition) is 4. The molecule has 4 nitrogen and oxygen atoms in total. The molecule has 0 unspecified atom stereocenters. The van der Waals surface area contributed by atoms with E-state index in [1.165, 1.54) is 22.3 Å². The zero-order chi connectivity index (χ0) is 26.1. The number of hydrogen-bond donors (Lipinski definition) is 0. The Morgan fingerprint density at radius 2 is 0.676 bits per heavy atom. The molecular formula is C33H36O4. The molecule has 0 amide bonds. The first-order chi connectivity index (χ1) is 18.1. The summed E-state index contributed by atoms with van der Waals surface area (Å²) in [5, 5.41) is 0. The second-order valence-electron chi connectivity index (χ2n) is 9.24. The van der Waals surface area contributed by atoms with Crippen LogP contribution in [0.5, 0.6) is 23.0 Å². The van der Waals surface area contributed by atoms with Crippen molar-refractivity contribution in [3.63, 3.8) is 0 Å². The standard InChI is InChI=1S/C33H36O4/c1-34-29-13-5-25(6-14-29)21-23-33(27-9-17-31(36-3)18-10-27,28-11-19-32(37-4)20-12-28)24-22-26-7-15-30(35-2)16-8-26/h5-20H,21-24H2,1-4H3. The minimum Gasteiger partial charge on any atom is -0.497 e. The van der Waals surface area contributed by atoms with Gasteiger partial charge in [-0.1, -0.05) is 48.5 Å². The van der Waals surface area contributed by atoms with Gasteiger partial charge in [-0.15, -0.1) is 0 Å². The van der Waals surface area contributed by atoms with Crippen molar-refractivity contribution in [3.05, 3.63) is 119 Å². The molecule has 0 aromatic heterocycles. The van der Waals surface area contributed by atoms with Gasteiger partial charge in [-0.05, 0) is 96.5 Å². The van der Waals surface area contributed by atoms with Crippen LogP contribution in [0.4, 0.5) is 0 Å². The summed E-state index contributed by atoms with van der Waals surface area (Å²) < 4.78 is 21.7. The van der Waals surface area contributed by atoms with Crippen LogP contribution in [0.15, 0.2) is 97.1 Å². The van der Waals surface area contributed by atoms with E-state index in [4.69, 9.17) is 18.9 Å². The van der Waals surface area contributed by atoms with Crippen molar-refractivity contribution < 1.29 is 18.9 Å². The predicted octanol–water partition coefficient (Wildman–Crippen LogP) is 7.27. The highest BCUT2D eigenvalue weighted by molar-refractivity contribution is 5.44. The summed E-state index contributed by atoms with van der Waals surface area (Å²) in [6.45, 7) is 0. The Kier molecular flexibility index (Phi) is 8.73. The van der Waals surface area contributed by atoms with Gasteiger partial charge in [-0.25, -0.2) is 0 Å². The predicted molar refractivity (Wildman–Crippen MR) is 149 cm³/mol. The van der Waals surface area contributed by atoms with Crippen LogP contribution >= 0.6 is 0 Å². The van der Waals surface area contributed by atoms with Crippen LogP contribution in [-0.4, -0.2) is 28.4 Å². The lowest BCUT2D eigenvalue weighted by molar-refractivity contribution is 0.408. The van der Waals surface area contributed by atoms with Crippen molar-refractivity contribution >= 4 is 0 Å². The Hall–Kier alpha value is -3.92. The molecule has 0 N–H and O–H groups in total. The van der Waals surface area contributed by atoms with E-state index in [9.17, 15) is 0 Å². The molecule has 0 spiro atoms. The number of methoxy groups -OCH3 is 4. The van der Waals surface area contributed by atoms with Crippen LogP contribution in [-0.2, 0) is 18.3 Å².